The van der Waals surface area contributed by atoms with E-state index in [0.29, 0.717) is 30.0 Å². The number of ether oxygens (including phenoxy) is 2. The third-order valence-corrected chi connectivity index (χ3v) is 6.86. The van der Waals surface area contributed by atoms with E-state index in [-0.39, 0.29) is 36.1 Å². The molecule has 2 aliphatic heterocycles. The van der Waals surface area contributed by atoms with Crippen molar-refractivity contribution in [1.82, 2.24) is 10.2 Å². The van der Waals surface area contributed by atoms with Crippen molar-refractivity contribution < 1.29 is 19.1 Å². The van der Waals surface area contributed by atoms with Gasteiger partial charge < -0.3 is 25.4 Å². The normalized spacial score (nSPS) is 25.1. The maximum atomic E-state index is 13.0. The molecule has 0 unspecified atom stereocenters. The fourth-order valence-electron chi connectivity index (χ4n) is 5.20. The number of rotatable bonds is 3. The van der Waals surface area contributed by atoms with Crippen LogP contribution in [0.2, 0.25) is 0 Å². The van der Waals surface area contributed by atoms with Crippen LogP contribution >= 0.6 is 0 Å². The number of amides is 2. The molecular formula is C25H29N3O4. The van der Waals surface area contributed by atoms with Gasteiger partial charge in [-0.05, 0) is 55.0 Å². The summed E-state index contributed by atoms with van der Waals surface area (Å²) in [6.07, 6.45) is 3.10. The summed E-state index contributed by atoms with van der Waals surface area (Å²) in [6.45, 7) is 0.329. The van der Waals surface area contributed by atoms with Crippen LogP contribution in [-0.2, 0) is 22.4 Å². The van der Waals surface area contributed by atoms with Crippen LogP contribution in [0.1, 0.15) is 40.7 Å². The molecule has 0 bridgehead atoms. The van der Waals surface area contributed by atoms with Gasteiger partial charge in [-0.15, -0.1) is 0 Å². The Bertz CT molecular complexity index is 1010. The van der Waals surface area contributed by atoms with Crippen molar-refractivity contribution in [3.05, 3.63) is 59.2 Å². The molecule has 7 nitrogen and oxygen atoms in total. The molecule has 2 aromatic rings. The van der Waals surface area contributed by atoms with Gasteiger partial charge in [0, 0.05) is 18.8 Å². The molecule has 2 amide bonds. The highest BCUT2D eigenvalue weighted by Gasteiger charge is 2.39. The molecule has 2 aromatic carbocycles. The maximum Gasteiger partial charge on any atom is 0.257 e. The third-order valence-electron chi connectivity index (χ3n) is 6.86. The van der Waals surface area contributed by atoms with Gasteiger partial charge in [0.15, 0.2) is 0 Å². The molecule has 32 heavy (non-hydrogen) atoms. The fourth-order valence-corrected chi connectivity index (χ4v) is 5.20. The lowest BCUT2D eigenvalue weighted by atomic mass is 9.94. The Kier molecular flexibility index (Phi) is 5.51. The lowest BCUT2D eigenvalue weighted by molar-refractivity contribution is -0.134. The number of carbonyl (C=O) groups excluding carboxylic acids is 2. The number of benzene rings is 2. The Morgan fingerprint density at radius 3 is 2.66 bits per heavy atom. The van der Waals surface area contributed by atoms with Crippen molar-refractivity contribution in [2.75, 3.05) is 19.4 Å². The molecule has 0 radical (unpaired) electrons. The van der Waals surface area contributed by atoms with Gasteiger partial charge in [0.25, 0.3) is 5.91 Å². The lowest BCUT2D eigenvalue weighted by Gasteiger charge is -2.42. The first-order valence-electron chi connectivity index (χ1n) is 11.3. The predicted octanol–water partition coefficient (Wildman–Crippen LogP) is 2.32. The Labute approximate surface area is 187 Å². The number of anilines is 1. The van der Waals surface area contributed by atoms with Crippen LogP contribution in [0.4, 0.5) is 5.69 Å². The first-order chi connectivity index (χ1) is 15.5. The van der Waals surface area contributed by atoms with Crippen molar-refractivity contribution >= 4 is 17.5 Å². The molecule has 5 rings (SSSR count). The molecular weight excluding hydrogens is 406 g/mol. The van der Waals surface area contributed by atoms with Gasteiger partial charge >= 0.3 is 0 Å². The van der Waals surface area contributed by atoms with Crippen LogP contribution in [0.3, 0.4) is 0 Å². The number of hydrogen-bond donors (Lipinski definition) is 2. The maximum absolute atomic E-state index is 13.0. The summed E-state index contributed by atoms with van der Waals surface area (Å²) in [5, 5.41) is 3.18. The van der Waals surface area contributed by atoms with Crippen LogP contribution in [0, 0.1) is 0 Å². The zero-order valence-electron chi connectivity index (χ0n) is 18.3. The number of nitrogens with zero attached hydrogens (tertiary/aromatic N) is 1. The molecule has 0 aromatic heterocycles. The third kappa shape index (κ3) is 4.05. The number of nitrogen functional groups attached to an aromatic ring is 1. The largest absolute Gasteiger partial charge is 0.490 e. The standard InChI is InChI=1S/C25H29N3O4/c1-28-21-8-7-19(13-24(29)27-18-10-15-4-2-3-5-16(15)11-18)32-23(21)14-31-22-9-6-17(26)12-20(22)25(28)30/h2-6,9,12,18-19,21,23H,7-8,10-11,13-14,26H2,1H3,(H,27,29)/t19-,21-,23-/m0/s1. The first kappa shape index (κ1) is 20.8. The zero-order chi connectivity index (χ0) is 22.2. The number of nitrogens with two attached hydrogens (primary N) is 1. The Morgan fingerprint density at radius 1 is 1.16 bits per heavy atom. The second-order valence-corrected chi connectivity index (χ2v) is 9.07. The van der Waals surface area contributed by atoms with Crippen molar-refractivity contribution in [1.29, 1.82) is 0 Å². The molecule has 3 N–H and O–H groups in total. The summed E-state index contributed by atoms with van der Waals surface area (Å²) in [6, 6.07) is 13.5. The summed E-state index contributed by atoms with van der Waals surface area (Å²) >= 11 is 0. The summed E-state index contributed by atoms with van der Waals surface area (Å²) in [5.74, 6) is 0.407. The van der Waals surface area contributed by atoms with E-state index >= 15 is 0 Å². The van der Waals surface area contributed by atoms with Crippen LogP contribution in [-0.4, -0.2) is 54.7 Å². The monoisotopic (exact) mass is 435 g/mol. The van der Waals surface area contributed by atoms with E-state index in [0.717, 1.165) is 25.7 Å². The van der Waals surface area contributed by atoms with Gasteiger partial charge in [-0.1, -0.05) is 24.3 Å². The van der Waals surface area contributed by atoms with E-state index in [1.54, 1.807) is 30.1 Å². The zero-order valence-corrected chi connectivity index (χ0v) is 18.3. The van der Waals surface area contributed by atoms with E-state index in [1.165, 1.54) is 11.1 Å². The number of hydrogen-bond acceptors (Lipinski definition) is 5. The SMILES string of the molecule is CN1C(=O)c2cc(N)ccc2OC[C@@H]2O[C@H](CC(=O)NC3Cc4ccccc4C3)CC[C@@H]21. The summed E-state index contributed by atoms with van der Waals surface area (Å²) < 4.78 is 12.2. The van der Waals surface area contributed by atoms with E-state index in [4.69, 9.17) is 15.2 Å². The fraction of sp³-hybridized carbons (Fsp3) is 0.440. The first-order valence-corrected chi connectivity index (χ1v) is 11.3. The molecule has 3 aliphatic rings. The van der Waals surface area contributed by atoms with Gasteiger partial charge in [-0.3, -0.25) is 9.59 Å². The van der Waals surface area contributed by atoms with E-state index in [1.807, 2.05) is 12.1 Å². The van der Waals surface area contributed by atoms with Crippen LogP contribution in [0.25, 0.3) is 0 Å². The second-order valence-electron chi connectivity index (χ2n) is 9.07. The Balaban J connectivity index is 1.20. The second kappa shape index (κ2) is 8.47. The minimum absolute atomic E-state index is 0.0169. The van der Waals surface area contributed by atoms with Crippen molar-refractivity contribution in [2.45, 2.75) is 56.4 Å². The molecule has 0 spiro atoms. The summed E-state index contributed by atoms with van der Waals surface area (Å²) in [5.41, 5.74) is 9.51. The van der Waals surface area contributed by atoms with Crippen molar-refractivity contribution in [3.8, 4) is 5.75 Å². The Hall–Kier alpha value is -3.06. The molecule has 0 saturated carbocycles. The summed E-state index contributed by atoms with van der Waals surface area (Å²) in [4.78, 5) is 27.5. The smallest absolute Gasteiger partial charge is 0.257 e. The van der Waals surface area contributed by atoms with Gasteiger partial charge in [0.05, 0.1) is 24.1 Å². The summed E-state index contributed by atoms with van der Waals surface area (Å²) in [7, 11) is 1.80. The number of carbonyl (C=O) groups is 2. The lowest BCUT2D eigenvalue weighted by Crippen LogP contribution is -2.54. The van der Waals surface area contributed by atoms with E-state index < -0.39 is 0 Å². The highest BCUT2D eigenvalue weighted by Crippen LogP contribution is 2.32. The van der Waals surface area contributed by atoms with Gasteiger partial charge in [-0.25, -0.2) is 0 Å². The van der Waals surface area contributed by atoms with E-state index in [2.05, 4.69) is 17.4 Å². The van der Waals surface area contributed by atoms with E-state index in [9.17, 15) is 9.59 Å². The highest BCUT2D eigenvalue weighted by atomic mass is 16.5. The minimum atomic E-state index is -0.281. The molecule has 168 valence electrons. The van der Waals surface area contributed by atoms with Crippen LogP contribution in [0.5, 0.6) is 5.75 Å². The minimum Gasteiger partial charge on any atom is -0.490 e. The van der Waals surface area contributed by atoms with Crippen LogP contribution in [0.15, 0.2) is 42.5 Å². The number of fused-ring (bicyclic) bond motifs is 3. The topological polar surface area (TPSA) is 93.9 Å². The van der Waals surface area contributed by atoms with Gasteiger partial charge in [0.2, 0.25) is 5.91 Å². The number of nitrogens with one attached hydrogen (secondary N) is 1. The highest BCUT2D eigenvalue weighted by molar-refractivity contribution is 5.98. The quantitative estimate of drug-likeness (QED) is 0.722. The average Bonchev–Trinajstić information content (AvgIpc) is 3.18. The predicted molar refractivity (Wildman–Crippen MR) is 121 cm³/mol. The molecule has 1 fully saturated rings. The van der Waals surface area contributed by atoms with Gasteiger partial charge in [-0.2, -0.15) is 0 Å². The Morgan fingerprint density at radius 2 is 1.91 bits per heavy atom. The van der Waals surface area contributed by atoms with Crippen LogP contribution < -0.4 is 15.8 Å². The van der Waals surface area contributed by atoms with Gasteiger partial charge in [0.1, 0.15) is 18.5 Å². The average molecular weight is 436 g/mol. The number of likely N-dealkylation sites (N-methyl/N-ethyl adjacent to an activating group) is 1. The van der Waals surface area contributed by atoms with Crippen molar-refractivity contribution in [2.24, 2.45) is 0 Å². The molecule has 3 atom stereocenters. The molecule has 7 heteroatoms. The molecule has 1 aliphatic carbocycles. The van der Waals surface area contributed by atoms with Crippen molar-refractivity contribution in [3.63, 3.8) is 0 Å². The molecule has 1 saturated heterocycles. The molecule has 2 heterocycles.